The van der Waals surface area contributed by atoms with E-state index in [-0.39, 0.29) is 23.9 Å². The van der Waals surface area contributed by atoms with Gasteiger partial charge >= 0.3 is 12.2 Å². The zero-order valence-electron chi connectivity index (χ0n) is 33.3. The summed E-state index contributed by atoms with van der Waals surface area (Å²) in [4.78, 5) is 72.4. The number of hydrogen-bond donors (Lipinski definition) is 4. The van der Waals surface area contributed by atoms with E-state index in [0.717, 1.165) is 59.1 Å². The molecule has 4 N–H and O–H groups in total. The Labute approximate surface area is 347 Å². The molecular formula is C46H46N8O6. The maximum absolute atomic E-state index is 13.9. The molecule has 0 radical (unpaired) electrons. The van der Waals surface area contributed by atoms with Crippen molar-refractivity contribution in [1.82, 2.24) is 40.4 Å². The molecule has 4 atom stereocenters. The molecule has 0 saturated carbocycles. The average molecular weight is 807 g/mol. The monoisotopic (exact) mass is 806 g/mol. The molecule has 2 aliphatic heterocycles. The number of methoxy groups -OCH3 is 2. The van der Waals surface area contributed by atoms with Gasteiger partial charge in [-0.15, -0.1) is 0 Å². The van der Waals surface area contributed by atoms with Crippen molar-refractivity contribution in [3.8, 4) is 11.3 Å². The molecule has 4 heterocycles. The lowest BCUT2D eigenvalue weighted by atomic mass is 10.1. The van der Waals surface area contributed by atoms with Crippen LogP contribution >= 0.6 is 0 Å². The van der Waals surface area contributed by atoms with Crippen molar-refractivity contribution in [3.05, 3.63) is 143 Å². The Morgan fingerprint density at radius 2 is 1.22 bits per heavy atom. The second kappa shape index (κ2) is 17.7. The van der Waals surface area contributed by atoms with Gasteiger partial charge in [0, 0.05) is 24.8 Å². The van der Waals surface area contributed by atoms with Crippen molar-refractivity contribution in [2.45, 2.75) is 49.9 Å². The van der Waals surface area contributed by atoms with Crippen molar-refractivity contribution in [2.75, 3.05) is 27.3 Å². The smallest absolute Gasteiger partial charge is 0.407 e. The number of likely N-dealkylation sites (tertiary alicyclic amines) is 2. The van der Waals surface area contributed by atoms with Crippen LogP contribution in [-0.2, 0) is 19.1 Å². The lowest BCUT2D eigenvalue weighted by Crippen LogP contribution is -2.42. The highest BCUT2D eigenvalue weighted by Gasteiger charge is 2.38. The highest BCUT2D eigenvalue weighted by atomic mass is 16.5. The first-order valence-corrected chi connectivity index (χ1v) is 20.0. The van der Waals surface area contributed by atoms with Gasteiger partial charge in [0.15, 0.2) is 0 Å². The fourth-order valence-corrected chi connectivity index (χ4v) is 8.10. The molecule has 0 aliphatic carbocycles. The molecule has 0 bridgehead atoms. The fraction of sp³-hybridized carbons (Fsp3) is 0.261. The van der Waals surface area contributed by atoms with Crippen molar-refractivity contribution in [3.63, 3.8) is 0 Å². The van der Waals surface area contributed by atoms with E-state index in [0.29, 0.717) is 35.9 Å². The molecule has 2 fully saturated rings. The van der Waals surface area contributed by atoms with Crippen molar-refractivity contribution in [2.24, 2.45) is 0 Å². The van der Waals surface area contributed by atoms with E-state index in [1.54, 1.807) is 9.80 Å². The Morgan fingerprint density at radius 3 is 1.78 bits per heavy atom. The Kier molecular flexibility index (Phi) is 11.7. The van der Waals surface area contributed by atoms with Crippen LogP contribution in [0.1, 0.15) is 83.8 Å². The predicted molar refractivity (Wildman–Crippen MR) is 226 cm³/mol. The number of carbonyl (C=O) groups excluding carboxylic acids is 4. The maximum atomic E-state index is 13.9. The summed E-state index contributed by atoms with van der Waals surface area (Å²) in [6, 6.07) is 30.2. The molecule has 2 aliphatic rings. The minimum atomic E-state index is -0.885. The van der Waals surface area contributed by atoms with E-state index in [2.05, 4.69) is 20.6 Å². The Morgan fingerprint density at radius 1 is 0.683 bits per heavy atom. The first-order chi connectivity index (χ1) is 29.3. The lowest BCUT2D eigenvalue weighted by Gasteiger charge is -2.28. The summed E-state index contributed by atoms with van der Waals surface area (Å²) >= 11 is 0. The number of fused-ring (bicyclic) bond motifs is 1. The van der Waals surface area contributed by atoms with Crippen molar-refractivity contribution >= 4 is 47.2 Å². The largest absolute Gasteiger partial charge is 0.453 e. The zero-order chi connectivity index (χ0) is 41.6. The molecule has 2 saturated heterocycles. The second-order valence-corrected chi connectivity index (χ2v) is 14.9. The molecule has 0 spiro atoms. The number of alkyl carbamates (subject to hydrolysis) is 2. The van der Waals surface area contributed by atoms with Crippen LogP contribution in [0.4, 0.5) is 9.59 Å². The quantitative estimate of drug-likeness (QED) is 0.0967. The van der Waals surface area contributed by atoms with Gasteiger partial charge in [0.1, 0.15) is 23.7 Å². The number of rotatable bonds is 11. The summed E-state index contributed by atoms with van der Waals surface area (Å²) in [5.74, 6) is 0.970. The van der Waals surface area contributed by atoms with Crippen LogP contribution in [0, 0.1) is 0 Å². The van der Waals surface area contributed by atoms with Gasteiger partial charge in [-0.25, -0.2) is 19.6 Å². The van der Waals surface area contributed by atoms with E-state index in [9.17, 15) is 19.2 Å². The highest BCUT2D eigenvalue weighted by molar-refractivity contribution is 5.88. The summed E-state index contributed by atoms with van der Waals surface area (Å²) in [6.07, 6.45) is 7.71. The van der Waals surface area contributed by atoms with E-state index < -0.39 is 24.3 Å². The fourth-order valence-electron chi connectivity index (χ4n) is 8.10. The summed E-state index contributed by atoms with van der Waals surface area (Å²) in [7, 11) is 2.56. The van der Waals surface area contributed by atoms with Crippen LogP contribution in [0.2, 0.25) is 0 Å². The minimum absolute atomic E-state index is 0.215. The molecule has 8 rings (SSSR count). The number of ether oxygens (including phenoxy) is 2. The average Bonchev–Trinajstić information content (AvgIpc) is 4.13. The first-order valence-electron chi connectivity index (χ1n) is 20.0. The normalized spacial score (nSPS) is 17.4. The number of nitrogens with one attached hydrogen (secondary N) is 4. The van der Waals surface area contributed by atoms with E-state index >= 15 is 0 Å². The third-order valence-corrected chi connectivity index (χ3v) is 11.2. The molecule has 14 nitrogen and oxygen atoms in total. The van der Waals surface area contributed by atoms with Gasteiger partial charge < -0.3 is 39.9 Å². The number of benzene rings is 4. The number of aromatic amines is 2. The van der Waals surface area contributed by atoms with Crippen LogP contribution in [0.3, 0.4) is 0 Å². The van der Waals surface area contributed by atoms with Crippen LogP contribution in [0.25, 0.3) is 34.4 Å². The summed E-state index contributed by atoms with van der Waals surface area (Å²) < 4.78 is 9.65. The highest BCUT2D eigenvalue weighted by Crippen LogP contribution is 2.36. The van der Waals surface area contributed by atoms with E-state index in [1.165, 1.54) is 14.2 Å². The van der Waals surface area contributed by atoms with E-state index in [4.69, 9.17) is 19.4 Å². The molecule has 306 valence electrons. The van der Waals surface area contributed by atoms with Gasteiger partial charge in [-0.05, 0) is 60.1 Å². The standard InChI is InChI=1S/C46H46N8O6/c1-59-45(57)51-39(32-11-5-3-6-12-32)43(55)53-25-9-15-37(53)41-47-28-36(50-41)31-22-19-29(20-23-31)17-18-30-21-24-34-35(27-30)49-42(48-34)38-16-10-26-54(38)44(56)40(52-46(58)60-2)33-13-7-4-8-14-33/h3-8,11-14,17-24,27-28,37-40H,9-10,15-16,25-26H2,1-2H3,(H,47,50)(H,48,49)(H,51,57)(H,52,58)/b18-17+/t37-,38-,39-,40+/m0/s1. The van der Waals surface area contributed by atoms with Crippen LogP contribution in [0.5, 0.6) is 0 Å². The number of hydrogen-bond acceptors (Lipinski definition) is 8. The first kappa shape index (κ1) is 39.6. The van der Waals surface area contributed by atoms with Crippen molar-refractivity contribution < 1.29 is 28.7 Å². The molecular weight excluding hydrogens is 761 g/mol. The number of amides is 4. The number of H-pyrrole nitrogens is 2. The minimum Gasteiger partial charge on any atom is -0.453 e. The topological polar surface area (TPSA) is 175 Å². The van der Waals surface area contributed by atoms with Gasteiger partial charge in [-0.1, -0.05) is 103 Å². The molecule has 4 aromatic carbocycles. The lowest BCUT2D eigenvalue weighted by molar-refractivity contribution is -0.135. The number of imidazole rings is 2. The molecule has 0 unspecified atom stereocenters. The van der Waals surface area contributed by atoms with Crippen LogP contribution < -0.4 is 10.6 Å². The maximum Gasteiger partial charge on any atom is 0.407 e. The van der Waals surface area contributed by atoms with Gasteiger partial charge in [0.05, 0.1) is 43.0 Å². The molecule has 4 amide bonds. The van der Waals surface area contributed by atoms with E-state index in [1.807, 2.05) is 121 Å². The summed E-state index contributed by atoms with van der Waals surface area (Å²) in [5.41, 5.74) is 6.69. The molecule has 2 aromatic heterocycles. The molecule has 6 aromatic rings. The number of aromatic nitrogens is 4. The van der Waals surface area contributed by atoms with Gasteiger partial charge in [-0.3, -0.25) is 9.59 Å². The van der Waals surface area contributed by atoms with Gasteiger partial charge in [0.2, 0.25) is 0 Å². The summed E-state index contributed by atoms with van der Waals surface area (Å²) in [5, 5.41) is 5.42. The Bertz CT molecular complexity index is 2500. The van der Waals surface area contributed by atoms with Crippen LogP contribution in [-0.4, -0.2) is 81.0 Å². The SMILES string of the molecule is COC(=O)N[C@H](C(=O)N1CCC[C@H]1c1nc(-c2ccc(/C=C/c3ccc4[nH]c([C@@H]5CCCN5C(=O)[C@H](NC(=O)OC)c5ccccc5)nc4c3)cc2)c[nH]1)c1ccccc1. The zero-order valence-corrected chi connectivity index (χ0v) is 33.3. The third-order valence-electron chi connectivity index (χ3n) is 11.2. The molecule has 60 heavy (non-hydrogen) atoms. The Balaban J connectivity index is 0.932. The number of nitrogens with zero attached hydrogens (tertiary/aromatic N) is 4. The predicted octanol–water partition coefficient (Wildman–Crippen LogP) is 7.65. The number of carbonyl (C=O) groups is 4. The third kappa shape index (κ3) is 8.48. The Hall–Kier alpha value is -7.22. The van der Waals surface area contributed by atoms with Crippen molar-refractivity contribution in [1.29, 1.82) is 0 Å². The summed E-state index contributed by atoms with van der Waals surface area (Å²) in [6.45, 7) is 1.10. The van der Waals surface area contributed by atoms with Crippen LogP contribution in [0.15, 0.2) is 109 Å². The molecule has 14 heteroatoms. The van der Waals surface area contributed by atoms with Gasteiger partial charge in [-0.2, -0.15) is 0 Å². The second-order valence-electron chi connectivity index (χ2n) is 14.9. The van der Waals surface area contributed by atoms with Gasteiger partial charge in [0.25, 0.3) is 11.8 Å².